The topological polar surface area (TPSA) is 69.7 Å². The van der Waals surface area contributed by atoms with Crippen LogP contribution in [0.4, 0.5) is 13.6 Å². The van der Waals surface area contributed by atoms with Crippen molar-refractivity contribution in [3.8, 4) is 0 Å². The molecule has 6 nitrogen and oxygen atoms in total. The lowest BCUT2D eigenvalue weighted by molar-refractivity contribution is -0.139. The Morgan fingerprint density at radius 2 is 1.79 bits per heavy atom. The Morgan fingerprint density at radius 1 is 1.10 bits per heavy atom. The van der Waals surface area contributed by atoms with Gasteiger partial charge in [-0.15, -0.1) is 0 Å². The van der Waals surface area contributed by atoms with Gasteiger partial charge in [0.1, 0.15) is 12.1 Å². The number of benzene rings is 2. The molecule has 1 unspecified atom stereocenters. The lowest BCUT2D eigenvalue weighted by atomic mass is 9.92. The Hall–Kier alpha value is -3.29. The van der Waals surface area contributed by atoms with Crippen LogP contribution in [0.25, 0.3) is 0 Å². The summed E-state index contributed by atoms with van der Waals surface area (Å²) in [5, 5.41) is 2.48. The first kappa shape index (κ1) is 20.4. The maximum absolute atomic E-state index is 13.6. The van der Waals surface area contributed by atoms with Gasteiger partial charge >= 0.3 is 6.03 Å². The van der Waals surface area contributed by atoms with E-state index in [0.29, 0.717) is 13.1 Å². The van der Waals surface area contributed by atoms with Gasteiger partial charge in [-0.05, 0) is 37.1 Å². The lowest BCUT2D eigenvalue weighted by Gasteiger charge is -2.24. The highest BCUT2D eigenvalue weighted by Gasteiger charge is 2.50. The molecule has 0 spiro atoms. The molecule has 1 fully saturated rings. The molecule has 1 N–H and O–H groups in total. The van der Waals surface area contributed by atoms with Gasteiger partial charge in [0, 0.05) is 13.1 Å². The minimum Gasteiger partial charge on any atom is -0.337 e. The van der Waals surface area contributed by atoms with E-state index in [1.54, 1.807) is 6.92 Å². The number of carbonyl (C=O) groups is 3. The van der Waals surface area contributed by atoms with Crippen LogP contribution in [0.1, 0.15) is 25.0 Å². The zero-order valence-electron chi connectivity index (χ0n) is 16.1. The van der Waals surface area contributed by atoms with Crippen LogP contribution in [0.2, 0.25) is 0 Å². The first-order chi connectivity index (χ1) is 13.8. The predicted octanol–water partition coefficient (Wildman–Crippen LogP) is 2.78. The molecule has 0 saturated carbocycles. The summed E-state index contributed by atoms with van der Waals surface area (Å²) in [6.07, 6.45) is 0. The predicted molar refractivity (Wildman–Crippen MR) is 101 cm³/mol. The Balaban J connectivity index is 1.77. The summed E-state index contributed by atoms with van der Waals surface area (Å²) in [6.45, 7) is 3.51. The van der Waals surface area contributed by atoms with E-state index < -0.39 is 41.6 Å². The van der Waals surface area contributed by atoms with Crippen LogP contribution in [0.5, 0.6) is 0 Å². The first-order valence-electron chi connectivity index (χ1n) is 9.17. The Morgan fingerprint density at radius 3 is 2.41 bits per heavy atom. The second-order valence-electron chi connectivity index (χ2n) is 6.97. The quantitative estimate of drug-likeness (QED) is 0.757. The fraction of sp³-hybridized carbons (Fsp3) is 0.286. The number of rotatable bonds is 6. The fourth-order valence-electron chi connectivity index (χ4n) is 3.26. The number of imide groups is 1. The largest absolute Gasteiger partial charge is 0.337 e. The normalized spacial score (nSPS) is 18.7. The minimum absolute atomic E-state index is 0.0985. The van der Waals surface area contributed by atoms with Crippen molar-refractivity contribution in [1.82, 2.24) is 15.1 Å². The third-order valence-electron chi connectivity index (χ3n) is 5.02. The van der Waals surface area contributed by atoms with Gasteiger partial charge in [-0.2, -0.15) is 0 Å². The van der Waals surface area contributed by atoms with E-state index in [4.69, 9.17) is 0 Å². The molecule has 29 heavy (non-hydrogen) atoms. The Bertz CT molecular complexity index is 951. The van der Waals surface area contributed by atoms with Crippen LogP contribution in [0.15, 0.2) is 48.5 Å². The first-order valence-corrected chi connectivity index (χ1v) is 9.17. The zero-order chi connectivity index (χ0) is 21.2. The van der Waals surface area contributed by atoms with Crippen LogP contribution in [-0.2, 0) is 21.7 Å². The van der Waals surface area contributed by atoms with E-state index in [1.165, 1.54) is 17.9 Å². The number of nitrogens with zero attached hydrogens (tertiary/aromatic N) is 2. The van der Waals surface area contributed by atoms with Crippen molar-refractivity contribution in [3.05, 3.63) is 71.3 Å². The number of hydrogen-bond donors (Lipinski definition) is 1. The number of hydrogen-bond acceptors (Lipinski definition) is 3. The summed E-state index contributed by atoms with van der Waals surface area (Å²) in [5.74, 6) is -3.27. The molecule has 3 rings (SSSR count). The van der Waals surface area contributed by atoms with Gasteiger partial charge in [0.15, 0.2) is 11.6 Å². The molecule has 1 saturated heterocycles. The molecule has 1 aliphatic heterocycles. The highest BCUT2D eigenvalue weighted by atomic mass is 19.2. The lowest BCUT2D eigenvalue weighted by Crippen LogP contribution is -2.44. The van der Waals surface area contributed by atoms with Crippen molar-refractivity contribution in [2.45, 2.75) is 25.9 Å². The molecule has 0 bridgehead atoms. The molecule has 0 aromatic heterocycles. The van der Waals surface area contributed by atoms with Crippen LogP contribution in [0, 0.1) is 11.6 Å². The van der Waals surface area contributed by atoms with E-state index in [2.05, 4.69) is 5.32 Å². The highest BCUT2D eigenvalue weighted by molar-refractivity contribution is 6.09. The van der Waals surface area contributed by atoms with Gasteiger partial charge in [-0.3, -0.25) is 14.5 Å². The Kier molecular flexibility index (Phi) is 5.63. The summed E-state index contributed by atoms with van der Waals surface area (Å²) < 4.78 is 26.9. The van der Waals surface area contributed by atoms with Crippen molar-refractivity contribution in [2.24, 2.45) is 0 Å². The molecule has 8 heteroatoms. The second kappa shape index (κ2) is 7.98. The molecule has 1 atom stereocenters. The average Bonchev–Trinajstić information content (AvgIpc) is 2.92. The van der Waals surface area contributed by atoms with Gasteiger partial charge in [0.2, 0.25) is 5.91 Å². The molecule has 4 amide bonds. The van der Waals surface area contributed by atoms with Crippen molar-refractivity contribution in [2.75, 3.05) is 13.1 Å². The average molecular weight is 401 g/mol. The van der Waals surface area contributed by atoms with Crippen LogP contribution >= 0.6 is 0 Å². The third kappa shape index (κ3) is 3.96. The van der Waals surface area contributed by atoms with E-state index in [9.17, 15) is 23.2 Å². The van der Waals surface area contributed by atoms with Gasteiger partial charge in [0.25, 0.3) is 5.91 Å². The smallest absolute Gasteiger partial charge is 0.325 e. The molecule has 2 aromatic carbocycles. The molecular formula is C21H21F2N3O3. The fourth-order valence-corrected chi connectivity index (χ4v) is 3.26. The zero-order valence-corrected chi connectivity index (χ0v) is 16.1. The highest BCUT2D eigenvalue weighted by Crippen LogP contribution is 2.29. The maximum atomic E-state index is 13.6. The molecule has 152 valence electrons. The van der Waals surface area contributed by atoms with Crippen molar-refractivity contribution in [1.29, 1.82) is 0 Å². The van der Waals surface area contributed by atoms with Crippen molar-refractivity contribution < 1.29 is 23.2 Å². The van der Waals surface area contributed by atoms with Gasteiger partial charge in [-0.25, -0.2) is 13.6 Å². The van der Waals surface area contributed by atoms with E-state index >= 15 is 0 Å². The Labute approximate surface area is 167 Å². The summed E-state index contributed by atoms with van der Waals surface area (Å²) in [7, 11) is 0. The third-order valence-corrected chi connectivity index (χ3v) is 5.02. The SMILES string of the molecule is CCN(Cc1ccccc1)C(=O)CN1C(=O)NC(C)(c2ccc(F)c(F)c2)C1=O. The summed E-state index contributed by atoms with van der Waals surface area (Å²) in [4.78, 5) is 40.3. The summed E-state index contributed by atoms with van der Waals surface area (Å²) in [5.41, 5.74) is -0.560. The number of carbonyl (C=O) groups excluding carboxylic acids is 3. The second-order valence-corrected chi connectivity index (χ2v) is 6.97. The number of nitrogens with one attached hydrogen (secondary N) is 1. The van der Waals surface area contributed by atoms with Crippen LogP contribution < -0.4 is 5.32 Å². The van der Waals surface area contributed by atoms with E-state index in [1.807, 2.05) is 30.3 Å². The molecule has 0 radical (unpaired) electrons. The standard InChI is InChI=1S/C21H21F2N3O3/c1-3-25(12-14-7-5-4-6-8-14)18(27)13-26-19(28)21(2,24-20(26)29)15-9-10-16(22)17(23)11-15/h4-11H,3,12-13H2,1-2H3,(H,24,29). The van der Waals surface area contributed by atoms with E-state index in [0.717, 1.165) is 22.6 Å². The minimum atomic E-state index is -1.58. The van der Waals surface area contributed by atoms with Gasteiger partial charge in [0.05, 0.1) is 0 Å². The maximum Gasteiger partial charge on any atom is 0.325 e. The summed E-state index contributed by atoms with van der Waals surface area (Å²) in [6, 6.07) is 11.6. The number of urea groups is 1. The van der Waals surface area contributed by atoms with Gasteiger partial charge in [-0.1, -0.05) is 36.4 Å². The van der Waals surface area contributed by atoms with Crippen LogP contribution in [0.3, 0.4) is 0 Å². The van der Waals surface area contributed by atoms with Crippen molar-refractivity contribution in [3.63, 3.8) is 0 Å². The molecule has 1 heterocycles. The number of likely N-dealkylation sites (N-methyl/N-ethyl adjacent to an activating group) is 1. The monoisotopic (exact) mass is 401 g/mol. The van der Waals surface area contributed by atoms with E-state index in [-0.39, 0.29) is 5.56 Å². The number of halogens is 2. The van der Waals surface area contributed by atoms with Gasteiger partial charge < -0.3 is 10.2 Å². The molecule has 0 aliphatic carbocycles. The number of amides is 4. The molecular weight excluding hydrogens is 380 g/mol. The molecule has 2 aromatic rings. The summed E-state index contributed by atoms with van der Waals surface area (Å²) >= 11 is 0. The van der Waals surface area contributed by atoms with Crippen molar-refractivity contribution >= 4 is 17.8 Å². The van der Waals surface area contributed by atoms with Crippen LogP contribution in [-0.4, -0.2) is 40.7 Å². The molecule has 1 aliphatic rings.